The summed E-state index contributed by atoms with van der Waals surface area (Å²) in [5, 5.41) is 3.76. The van der Waals surface area contributed by atoms with E-state index in [1.54, 1.807) is 11.3 Å². The molecular weight excluding hydrogens is 363 g/mol. The number of hydrogen-bond acceptors (Lipinski definition) is 4. The van der Waals surface area contributed by atoms with Crippen molar-refractivity contribution >= 4 is 28.1 Å². The molecule has 0 saturated carbocycles. The number of halogens is 1. The number of rotatable bonds is 4. The van der Waals surface area contributed by atoms with E-state index in [0.717, 1.165) is 49.8 Å². The summed E-state index contributed by atoms with van der Waals surface area (Å²) in [6.45, 7) is 6.29. The van der Waals surface area contributed by atoms with E-state index in [4.69, 9.17) is 0 Å². The Morgan fingerprint density at radius 3 is 2.81 bits per heavy atom. The lowest BCUT2D eigenvalue weighted by Gasteiger charge is -2.33. The maximum Gasteiger partial charge on any atom is 0.281 e. The van der Waals surface area contributed by atoms with Gasteiger partial charge in [0.1, 0.15) is 5.82 Å². The Hall–Kier alpha value is -1.99. The van der Waals surface area contributed by atoms with E-state index in [1.165, 1.54) is 34.0 Å². The number of aryl methyl sites for hydroxylation is 1. The first kappa shape index (κ1) is 18.4. The molecule has 0 unspecified atom stereocenters. The van der Waals surface area contributed by atoms with E-state index in [9.17, 15) is 9.18 Å². The van der Waals surface area contributed by atoms with Crippen LogP contribution in [-0.4, -0.2) is 43.6 Å². The number of thiazole rings is 1. The van der Waals surface area contributed by atoms with Crippen LogP contribution < -0.4 is 15.1 Å². The molecule has 144 valence electrons. The highest BCUT2D eigenvalue weighted by Crippen LogP contribution is 2.31. The maximum atomic E-state index is 13.1. The largest absolute Gasteiger partial charge is 0.360 e. The number of nitrogens with one attached hydrogen (secondary N) is 2. The van der Waals surface area contributed by atoms with Crippen LogP contribution >= 0.6 is 11.3 Å². The first-order valence-electron chi connectivity index (χ1n) is 9.69. The number of hydrogen-bond donors (Lipinski definition) is 2. The monoisotopic (exact) mass is 389 g/mol. The van der Waals surface area contributed by atoms with Crippen LogP contribution in [0, 0.1) is 11.7 Å². The summed E-state index contributed by atoms with van der Waals surface area (Å²) in [6.07, 6.45) is 3.30. The van der Waals surface area contributed by atoms with Gasteiger partial charge in [0, 0.05) is 10.6 Å². The molecule has 2 aromatic rings. The molecule has 1 aliphatic heterocycles. The highest BCUT2D eigenvalue weighted by molar-refractivity contribution is 7.15. The van der Waals surface area contributed by atoms with Gasteiger partial charge in [0.05, 0.1) is 31.9 Å². The van der Waals surface area contributed by atoms with Crippen molar-refractivity contribution in [3.05, 3.63) is 40.7 Å². The Kier molecular flexibility index (Phi) is 5.41. The number of aromatic nitrogens is 1. The molecule has 1 aromatic carbocycles. The Balaban J connectivity index is 1.27. The van der Waals surface area contributed by atoms with Crippen LogP contribution in [0.4, 0.5) is 15.2 Å². The SMILES string of the molecule is C[C@@H]1CCc2nc(NC(=O)C[NH+]3CCN(c4ccc(F)cc4)CC3)sc2C1. The van der Waals surface area contributed by atoms with Gasteiger partial charge in [0.25, 0.3) is 5.91 Å². The van der Waals surface area contributed by atoms with Crippen molar-refractivity contribution in [1.82, 2.24) is 4.98 Å². The molecule has 1 fully saturated rings. The van der Waals surface area contributed by atoms with Crippen LogP contribution in [0.3, 0.4) is 0 Å². The predicted molar refractivity (Wildman–Crippen MR) is 106 cm³/mol. The van der Waals surface area contributed by atoms with E-state index in [2.05, 4.69) is 22.1 Å². The second kappa shape index (κ2) is 7.94. The van der Waals surface area contributed by atoms with Crippen LogP contribution in [0.5, 0.6) is 0 Å². The van der Waals surface area contributed by atoms with Crippen molar-refractivity contribution in [2.24, 2.45) is 5.92 Å². The third-order valence-corrected chi connectivity index (χ3v) is 6.54. The first-order valence-corrected chi connectivity index (χ1v) is 10.5. The summed E-state index contributed by atoms with van der Waals surface area (Å²) in [7, 11) is 0. The molecule has 27 heavy (non-hydrogen) atoms. The molecule has 4 rings (SSSR count). The van der Waals surface area contributed by atoms with E-state index in [1.807, 2.05) is 12.1 Å². The van der Waals surface area contributed by atoms with Crippen molar-refractivity contribution in [3.63, 3.8) is 0 Å². The number of amides is 1. The van der Waals surface area contributed by atoms with Gasteiger partial charge in [-0.25, -0.2) is 9.37 Å². The van der Waals surface area contributed by atoms with Crippen molar-refractivity contribution in [2.75, 3.05) is 42.9 Å². The third kappa shape index (κ3) is 4.47. The molecule has 1 aliphatic carbocycles. The van der Waals surface area contributed by atoms with Crippen LogP contribution in [0.15, 0.2) is 24.3 Å². The lowest BCUT2D eigenvalue weighted by Crippen LogP contribution is -3.15. The molecule has 2 N–H and O–H groups in total. The highest BCUT2D eigenvalue weighted by atomic mass is 32.1. The number of carbonyl (C=O) groups is 1. The first-order chi connectivity index (χ1) is 13.1. The molecule has 2 aliphatic rings. The minimum absolute atomic E-state index is 0.0411. The van der Waals surface area contributed by atoms with E-state index in [0.29, 0.717) is 12.5 Å². The molecule has 1 saturated heterocycles. The molecular formula is C20H26FN4OS+. The predicted octanol–water partition coefficient (Wildman–Crippen LogP) is 1.75. The maximum absolute atomic E-state index is 13.1. The summed E-state index contributed by atoms with van der Waals surface area (Å²) >= 11 is 1.64. The van der Waals surface area contributed by atoms with Crippen LogP contribution in [0.25, 0.3) is 0 Å². The minimum atomic E-state index is -0.210. The normalized spacial score (nSPS) is 20.4. The summed E-state index contributed by atoms with van der Waals surface area (Å²) in [5.74, 6) is 0.542. The van der Waals surface area contributed by atoms with Crippen molar-refractivity contribution in [1.29, 1.82) is 0 Å². The van der Waals surface area contributed by atoms with E-state index in [-0.39, 0.29) is 11.7 Å². The van der Waals surface area contributed by atoms with Gasteiger partial charge in [-0.2, -0.15) is 0 Å². The van der Waals surface area contributed by atoms with E-state index < -0.39 is 0 Å². The quantitative estimate of drug-likeness (QED) is 0.838. The van der Waals surface area contributed by atoms with Gasteiger partial charge in [-0.3, -0.25) is 10.1 Å². The second-order valence-corrected chi connectivity index (χ2v) is 8.76. The fourth-order valence-electron chi connectivity index (χ4n) is 3.89. The summed E-state index contributed by atoms with van der Waals surface area (Å²) in [6, 6.07) is 6.63. The van der Waals surface area contributed by atoms with Crippen molar-refractivity contribution in [3.8, 4) is 0 Å². The molecule has 0 radical (unpaired) electrons. The fourth-order valence-corrected chi connectivity index (χ4v) is 5.08. The third-order valence-electron chi connectivity index (χ3n) is 5.51. The number of nitrogens with zero attached hydrogens (tertiary/aromatic N) is 2. The molecule has 1 atom stereocenters. The highest BCUT2D eigenvalue weighted by Gasteiger charge is 2.24. The van der Waals surface area contributed by atoms with Gasteiger partial charge in [-0.1, -0.05) is 6.92 Å². The van der Waals surface area contributed by atoms with Gasteiger partial charge >= 0.3 is 0 Å². The molecule has 0 bridgehead atoms. The van der Waals surface area contributed by atoms with Gasteiger partial charge in [0.2, 0.25) is 0 Å². The summed E-state index contributed by atoms with van der Waals surface area (Å²) in [4.78, 5) is 21.9. The van der Waals surface area contributed by atoms with Crippen molar-refractivity contribution < 1.29 is 14.1 Å². The Morgan fingerprint density at radius 2 is 2.07 bits per heavy atom. The minimum Gasteiger partial charge on any atom is -0.360 e. The smallest absolute Gasteiger partial charge is 0.281 e. The standard InChI is InChI=1S/C20H25FN4OS/c1-14-2-7-17-18(12-14)27-20(22-17)23-19(26)13-24-8-10-25(11-9-24)16-5-3-15(21)4-6-16/h3-6,14H,2,7-13H2,1H3,(H,22,23,26)/p+1/t14-/m1/s1. The topological polar surface area (TPSA) is 49.7 Å². The molecule has 1 aromatic heterocycles. The van der Waals surface area contributed by atoms with Crippen LogP contribution in [0.1, 0.15) is 23.9 Å². The Morgan fingerprint density at radius 1 is 1.33 bits per heavy atom. The average Bonchev–Trinajstić information content (AvgIpc) is 3.04. The van der Waals surface area contributed by atoms with Gasteiger partial charge in [-0.05, 0) is 49.4 Å². The zero-order valence-corrected chi connectivity index (χ0v) is 16.4. The Labute approximate surface area is 163 Å². The summed E-state index contributed by atoms with van der Waals surface area (Å²) in [5.41, 5.74) is 2.22. The molecule has 2 heterocycles. The Bertz CT molecular complexity index is 799. The van der Waals surface area contributed by atoms with Crippen LogP contribution in [0.2, 0.25) is 0 Å². The number of carbonyl (C=O) groups excluding carboxylic acids is 1. The van der Waals surface area contributed by atoms with Gasteiger partial charge < -0.3 is 9.80 Å². The van der Waals surface area contributed by atoms with Gasteiger partial charge in [0.15, 0.2) is 11.7 Å². The zero-order valence-electron chi connectivity index (χ0n) is 15.6. The summed E-state index contributed by atoms with van der Waals surface area (Å²) < 4.78 is 13.1. The molecule has 1 amide bonds. The number of fused-ring (bicyclic) bond motifs is 1. The number of anilines is 2. The number of quaternary nitrogens is 1. The van der Waals surface area contributed by atoms with E-state index >= 15 is 0 Å². The molecule has 5 nitrogen and oxygen atoms in total. The van der Waals surface area contributed by atoms with Gasteiger partial charge in [-0.15, -0.1) is 11.3 Å². The molecule has 7 heteroatoms. The van der Waals surface area contributed by atoms with Crippen molar-refractivity contribution in [2.45, 2.75) is 26.2 Å². The zero-order chi connectivity index (χ0) is 18.8. The lowest BCUT2D eigenvalue weighted by atomic mass is 9.93. The van der Waals surface area contributed by atoms with Crippen LogP contribution in [-0.2, 0) is 17.6 Å². The molecule has 0 spiro atoms. The number of benzene rings is 1. The lowest BCUT2D eigenvalue weighted by molar-refractivity contribution is -0.892. The fraction of sp³-hybridized carbons (Fsp3) is 0.500. The number of piperazine rings is 1. The average molecular weight is 390 g/mol. The second-order valence-electron chi connectivity index (χ2n) is 7.68.